The van der Waals surface area contributed by atoms with E-state index in [1.807, 2.05) is 0 Å². The molecular weight excluding hydrogens is 267 g/mol. The topological polar surface area (TPSA) is 41.1 Å². The number of anilines is 2. The Morgan fingerprint density at radius 3 is 2.68 bits per heavy atom. The Morgan fingerprint density at radius 2 is 2.05 bits per heavy atom. The lowest BCUT2D eigenvalue weighted by atomic mass is 9.87. The molecule has 0 aliphatic carbocycles. The van der Waals surface area contributed by atoms with Gasteiger partial charge in [-0.15, -0.1) is 0 Å². The third kappa shape index (κ3) is 3.60. The van der Waals surface area contributed by atoms with Crippen LogP contribution in [0.4, 0.5) is 15.8 Å². The second kappa shape index (κ2) is 5.00. The van der Waals surface area contributed by atoms with Crippen LogP contribution in [0, 0.1) is 11.2 Å². The van der Waals surface area contributed by atoms with Gasteiger partial charge in [0.1, 0.15) is 5.82 Å². The fraction of sp³-hybridized carbons (Fsp3) is 0.500. The van der Waals surface area contributed by atoms with Crippen molar-refractivity contribution in [2.24, 2.45) is 5.41 Å². The molecular formula is C14H18ClFN2O. The molecule has 1 aliphatic rings. The van der Waals surface area contributed by atoms with Gasteiger partial charge in [-0.3, -0.25) is 4.79 Å². The molecule has 104 valence electrons. The molecule has 1 amide bonds. The van der Waals surface area contributed by atoms with E-state index in [0.717, 1.165) is 6.42 Å². The number of benzene rings is 1. The molecule has 1 heterocycles. The van der Waals surface area contributed by atoms with Crippen molar-refractivity contribution in [1.82, 2.24) is 0 Å². The van der Waals surface area contributed by atoms with Crippen molar-refractivity contribution in [3.05, 3.63) is 23.0 Å². The van der Waals surface area contributed by atoms with Crippen LogP contribution in [0.5, 0.6) is 0 Å². The Labute approximate surface area is 117 Å². The van der Waals surface area contributed by atoms with Gasteiger partial charge in [0.25, 0.3) is 0 Å². The minimum atomic E-state index is -0.487. The first-order chi connectivity index (χ1) is 8.74. The van der Waals surface area contributed by atoms with Gasteiger partial charge >= 0.3 is 0 Å². The van der Waals surface area contributed by atoms with E-state index in [0.29, 0.717) is 17.8 Å². The summed E-state index contributed by atoms with van der Waals surface area (Å²) in [6.07, 6.45) is 1.19. The van der Waals surface area contributed by atoms with E-state index < -0.39 is 5.82 Å². The van der Waals surface area contributed by atoms with E-state index in [1.165, 1.54) is 12.1 Å². The summed E-state index contributed by atoms with van der Waals surface area (Å²) in [5, 5.41) is 6.00. The van der Waals surface area contributed by atoms with Gasteiger partial charge in [0.15, 0.2) is 0 Å². The second-order valence-corrected chi connectivity index (χ2v) is 6.58. The van der Waals surface area contributed by atoms with Crippen molar-refractivity contribution >= 4 is 28.9 Å². The number of amides is 1. The number of halogens is 2. The Bertz CT molecular complexity index is 511. The number of rotatable bonds is 1. The van der Waals surface area contributed by atoms with Crippen molar-refractivity contribution in [2.45, 2.75) is 39.7 Å². The zero-order valence-corrected chi connectivity index (χ0v) is 12.1. The van der Waals surface area contributed by atoms with Gasteiger partial charge in [-0.2, -0.15) is 0 Å². The summed E-state index contributed by atoms with van der Waals surface area (Å²) in [5.41, 5.74) is 1.21. The largest absolute Gasteiger partial charge is 0.380 e. The third-order valence-electron chi connectivity index (χ3n) is 2.98. The average Bonchev–Trinajstić information content (AvgIpc) is 2.35. The smallest absolute Gasteiger partial charge is 0.226 e. The van der Waals surface area contributed by atoms with Crippen LogP contribution in [0.3, 0.4) is 0 Å². The predicted molar refractivity (Wildman–Crippen MR) is 76.1 cm³/mol. The summed E-state index contributed by atoms with van der Waals surface area (Å²) >= 11 is 5.74. The molecule has 1 atom stereocenters. The SMILES string of the molecule is CC(C)(C)CC1CC(=O)Nc2cc(Cl)c(F)cc2N1. The van der Waals surface area contributed by atoms with Crippen LogP contribution in [-0.2, 0) is 4.79 Å². The van der Waals surface area contributed by atoms with E-state index in [-0.39, 0.29) is 22.4 Å². The number of hydrogen-bond donors (Lipinski definition) is 2. The first kappa shape index (κ1) is 14.1. The molecule has 0 aromatic heterocycles. The van der Waals surface area contributed by atoms with Gasteiger partial charge in [0.05, 0.1) is 16.4 Å². The van der Waals surface area contributed by atoms with Crippen molar-refractivity contribution in [2.75, 3.05) is 10.6 Å². The monoisotopic (exact) mass is 284 g/mol. The zero-order chi connectivity index (χ0) is 14.2. The summed E-state index contributed by atoms with van der Waals surface area (Å²) in [4.78, 5) is 11.9. The van der Waals surface area contributed by atoms with E-state index in [4.69, 9.17) is 11.6 Å². The molecule has 1 unspecified atom stereocenters. The molecule has 0 bridgehead atoms. The highest BCUT2D eigenvalue weighted by Gasteiger charge is 2.25. The molecule has 0 radical (unpaired) electrons. The van der Waals surface area contributed by atoms with Crippen LogP contribution in [0.1, 0.15) is 33.6 Å². The molecule has 0 saturated heterocycles. The Kier molecular flexibility index (Phi) is 3.72. The summed E-state index contributed by atoms with van der Waals surface area (Å²) in [5.74, 6) is -0.568. The summed E-state index contributed by atoms with van der Waals surface area (Å²) in [6, 6.07) is 2.76. The van der Waals surface area contributed by atoms with Crippen LogP contribution < -0.4 is 10.6 Å². The van der Waals surface area contributed by atoms with Crippen molar-refractivity contribution in [3.63, 3.8) is 0 Å². The van der Waals surface area contributed by atoms with E-state index in [2.05, 4.69) is 31.4 Å². The van der Waals surface area contributed by atoms with Crippen LogP contribution in [0.15, 0.2) is 12.1 Å². The van der Waals surface area contributed by atoms with Crippen molar-refractivity contribution in [1.29, 1.82) is 0 Å². The second-order valence-electron chi connectivity index (χ2n) is 6.17. The summed E-state index contributed by atoms with van der Waals surface area (Å²) in [6.45, 7) is 6.34. The van der Waals surface area contributed by atoms with Gasteiger partial charge in [0, 0.05) is 18.5 Å². The number of carbonyl (C=O) groups is 1. The molecule has 3 nitrogen and oxygen atoms in total. The quantitative estimate of drug-likeness (QED) is 0.817. The highest BCUT2D eigenvalue weighted by Crippen LogP contribution is 2.33. The first-order valence-electron chi connectivity index (χ1n) is 6.30. The molecule has 2 N–H and O–H groups in total. The molecule has 0 spiro atoms. The fourth-order valence-electron chi connectivity index (χ4n) is 2.33. The van der Waals surface area contributed by atoms with E-state index >= 15 is 0 Å². The lowest BCUT2D eigenvalue weighted by Gasteiger charge is -2.25. The van der Waals surface area contributed by atoms with E-state index in [9.17, 15) is 9.18 Å². The maximum absolute atomic E-state index is 13.5. The molecule has 1 aliphatic heterocycles. The number of nitrogens with one attached hydrogen (secondary N) is 2. The molecule has 2 rings (SSSR count). The zero-order valence-electron chi connectivity index (χ0n) is 11.3. The maximum atomic E-state index is 13.5. The molecule has 19 heavy (non-hydrogen) atoms. The van der Waals surface area contributed by atoms with Crippen molar-refractivity contribution in [3.8, 4) is 0 Å². The van der Waals surface area contributed by atoms with Crippen LogP contribution in [0.25, 0.3) is 0 Å². The van der Waals surface area contributed by atoms with Crippen LogP contribution >= 0.6 is 11.6 Å². The average molecular weight is 285 g/mol. The standard InChI is InChI=1S/C14H18ClFN2O/c1-14(2,3)7-8-4-13(19)18-11-5-9(15)10(16)6-12(11)17-8/h5-6,8,17H,4,7H2,1-3H3,(H,18,19). The van der Waals surface area contributed by atoms with E-state index in [1.54, 1.807) is 0 Å². The Morgan fingerprint density at radius 1 is 1.37 bits per heavy atom. The highest BCUT2D eigenvalue weighted by atomic mass is 35.5. The van der Waals surface area contributed by atoms with Gasteiger partial charge in [-0.05, 0) is 17.9 Å². The molecule has 0 fully saturated rings. The Balaban J connectivity index is 2.30. The molecule has 1 aromatic carbocycles. The predicted octanol–water partition coefficient (Wildman–Crippen LogP) is 4.04. The fourth-order valence-corrected chi connectivity index (χ4v) is 2.49. The third-order valence-corrected chi connectivity index (χ3v) is 3.27. The first-order valence-corrected chi connectivity index (χ1v) is 6.68. The van der Waals surface area contributed by atoms with Gasteiger partial charge in [0.2, 0.25) is 5.91 Å². The van der Waals surface area contributed by atoms with Gasteiger partial charge in [-0.1, -0.05) is 32.4 Å². The minimum absolute atomic E-state index is 0.00937. The number of fused-ring (bicyclic) bond motifs is 1. The molecule has 0 saturated carbocycles. The summed E-state index contributed by atoms with van der Waals surface area (Å²) < 4.78 is 13.5. The maximum Gasteiger partial charge on any atom is 0.226 e. The molecule has 1 aromatic rings. The highest BCUT2D eigenvalue weighted by molar-refractivity contribution is 6.31. The van der Waals surface area contributed by atoms with Crippen LogP contribution in [-0.4, -0.2) is 11.9 Å². The summed E-state index contributed by atoms with van der Waals surface area (Å²) in [7, 11) is 0. The lowest BCUT2D eigenvalue weighted by molar-refractivity contribution is -0.116. The lowest BCUT2D eigenvalue weighted by Crippen LogP contribution is -2.27. The van der Waals surface area contributed by atoms with Gasteiger partial charge < -0.3 is 10.6 Å². The van der Waals surface area contributed by atoms with Crippen LogP contribution in [0.2, 0.25) is 5.02 Å². The number of carbonyl (C=O) groups excluding carboxylic acids is 1. The minimum Gasteiger partial charge on any atom is -0.380 e. The molecule has 5 heteroatoms. The normalized spacial score (nSPS) is 19.2. The van der Waals surface area contributed by atoms with Crippen molar-refractivity contribution < 1.29 is 9.18 Å². The Hall–Kier alpha value is -1.29. The van der Waals surface area contributed by atoms with Gasteiger partial charge in [-0.25, -0.2) is 4.39 Å². The number of hydrogen-bond acceptors (Lipinski definition) is 2.